The number of piperazine rings is 1. The van der Waals surface area contributed by atoms with Gasteiger partial charge < -0.3 is 9.64 Å². The molecule has 1 heterocycles. The lowest BCUT2D eigenvalue weighted by Crippen LogP contribution is -2.50. The number of ether oxygens (including phenoxy) is 1. The number of amides is 1. The van der Waals surface area contributed by atoms with Crippen molar-refractivity contribution < 1.29 is 22.3 Å². The van der Waals surface area contributed by atoms with Gasteiger partial charge in [-0.25, -0.2) is 12.8 Å². The second-order valence-corrected chi connectivity index (χ2v) is 8.74. The molecule has 160 valence electrons. The molecule has 1 fully saturated rings. The van der Waals surface area contributed by atoms with Gasteiger partial charge in [-0.2, -0.15) is 4.31 Å². The number of hydrogen-bond acceptors (Lipinski definition) is 4. The summed E-state index contributed by atoms with van der Waals surface area (Å²) in [5, 5.41) is 1.21. The molecule has 0 bridgehead atoms. The van der Waals surface area contributed by atoms with Gasteiger partial charge in [0.25, 0.3) is 0 Å². The first kappa shape index (κ1) is 22.0. The molecule has 0 aromatic heterocycles. The second kappa shape index (κ2) is 10.4. The van der Waals surface area contributed by atoms with E-state index in [1.54, 1.807) is 29.2 Å². The molecule has 0 N–H and O–H groups in total. The molecule has 0 saturated carbocycles. The van der Waals surface area contributed by atoms with Crippen molar-refractivity contribution in [1.82, 2.24) is 9.21 Å². The van der Waals surface area contributed by atoms with Crippen molar-refractivity contribution in [2.45, 2.75) is 12.8 Å². The van der Waals surface area contributed by atoms with Crippen molar-refractivity contribution >= 4 is 22.0 Å². The first-order valence-electron chi connectivity index (χ1n) is 9.84. The van der Waals surface area contributed by atoms with Crippen LogP contribution in [0, 0.1) is 5.82 Å². The van der Waals surface area contributed by atoms with E-state index in [9.17, 15) is 17.6 Å². The van der Waals surface area contributed by atoms with Crippen LogP contribution < -0.4 is 4.74 Å². The third-order valence-electron chi connectivity index (χ3n) is 4.81. The van der Waals surface area contributed by atoms with Crippen molar-refractivity contribution in [2.75, 3.05) is 32.8 Å². The molecule has 1 aliphatic rings. The Labute approximate surface area is 176 Å². The molecule has 0 radical (unpaired) electrons. The van der Waals surface area contributed by atoms with Crippen LogP contribution in [0.3, 0.4) is 0 Å². The Bertz CT molecular complexity index is 972. The van der Waals surface area contributed by atoms with Crippen LogP contribution in [0.2, 0.25) is 0 Å². The Balaban J connectivity index is 1.41. The van der Waals surface area contributed by atoms with Crippen LogP contribution >= 0.6 is 0 Å². The zero-order valence-corrected chi connectivity index (χ0v) is 17.4. The van der Waals surface area contributed by atoms with Crippen molar-refractivity contribution in [2.24, 2.45) is 0 Å². The van der Waals surface area contributed by atoms with Gasteiger partial charge in [-0.05, 0) is 30.2 Å². The van der Waals surface area contributed by atoms with Gasteiger partial charge in [0, 0.05) is 38.0 Å². The van der Waals surface area contributed by atoms with Gasteiger partial charge in [-0.3, -0.25) is 4.79 Å². The Hall–Kier alpha value is -2.71. The molecule has 1 aliphatic heterocycles. The zero-order valence-electron chi connectivity index (χ0n) is 16.6. The average Bonchev–Trinajstić information content (AvgIpc) is 2.77. The lowest BCUT2D eigenvalue weighted by atomic mass is 10.2. The zero-order chi connectivity index (χ0) is 21.4. The monoisotopic (exact) mass is 432 g/mol. The molecule has 1 amide bonds. The second-order valence-electron chi connectivity index (χ2n) is 6.92. The largest absolute Gasteiger partial charge is 0.491 e. The Morgan fingerprint density at radius 3 is 2.37 bits per heavy atom. The third-order valence-corrected chi connectivity index (χ3v) is 6.38. The highest BCUT2D eigenvalue weighted by Crippen LogP contribution is 2.16. The number of halogens is 1. The van der Waals surface area contributed by atoms with E-state index >= 15 is 0 Å². The fraction of sp³-hybridized carbons (Fsp3) is 0.318. The first-order chi connectivity index (χ1) is 14.5. The number of hydrogen-bond donors (Lipinski definition) is 0. The Morgan fingerprint density at radius 2 is 1.67 bits per heavy atom. The summed E-state index contributed by atoms with van der Waals surface area (Å²) in [5.41, 5.74) is 0.812. The standard InChI is InChI=1S/C22H25FN2O4S/c23-20-9-4-5-10-21(20)29-17-6-11-22(26)24-13-15-25(16-14-24)30(27,28)18-12-19-7-2-1-3-8-19/h1-5,7-10,12,18H,6,11,13-17H2/b18-12+. The van der Waals surface area contributed by atoms with Crippen LogP contribution in [-0.4, -0.2) is 56.3 Å². The van der Waals surface area contributed by atoms with Crippen LogP contribution in [0.4, 0.5) is 4.39 Å². The van der Waals surface area contributed by atoms with Gasteiger partial charge in [-0.15, -0.1) is 0 Å². The van der Waals surface area contributed by atoms with E-state index in [1.807, 2.05) is 30.3 Å². The molecule has 1 saturated heterocycles. The van der Waals surface area contributed by atoms with E-state index in [1.165, 1.54) is 15.8 Å². The van der Waals surface area contributed by atoms with E-state index in [2.05, 4.69) is 0 Å². The molecule has 2 aromatic carbocycles. The Kier molecular flexibility index (Phi) is 7.59. The molecule has 8 heteroatoms. The van der Waals surface area contributed by atoms with Gasteiger partial charge in [0.15, 0.2) is 11.6 Å². The highest BCUT2D eigenvalue weighted by molar-refractivity contribution is 7.92. The van der Waals surface area contributed by atoms with Crippen LogP contribution in [0.1, 0.15) is 18.4 Å². The van der Waals surface area contributed by atoms with E-state index < -0.39 is 15.8 Å². The summed E-state index contributed by atoms with van der Waals surface area (Å²) >= 11 is 0. The minimum Gasteiger partial charge on any atom is -0.491 e. The van der Waals surface area contributed by atoms with Crippen LogP contribution in [-0.2, 0) is 14.8 Å². The van der Waals surface area contributed by atoms with Crippen molar-refractivity contribution in [3.8, 4) is 5.75 Å². The summed E-state index contributed by atoms with van der Waals surface area (Å²) in [5.74, 6) is -0.307. The Morgan fingerprint density at radius 1 is 1.00 bits per heavy atom. The van der Waals surface area contributed by atoms with Crippen molar-refractivity contribution in [1.29, 1.82) is 0 Å². The summed E-state index contributed by atoms with van der Waals surface area (Å²) < 4.78 is 45.2. The third kappa shape index (κ3) is 6.14. The summed E-state index contributed by atoms with van der Waals surface area (Å²) in [6, 6.07) is 15.4. The molecule has 3 rings (SSSR count). The predicted octanol–water partition coefficient (Wildman–Crippen LogP) is 3.13. The predicted molar refractivity (Wildman–Crippen MR) is 114 cm³/mol. The number of carbonyl (C=O) groups is 1. The maximum atomic E-state index is 13.5. The maximum Gasteiger partial charge on any atom is 0.236 e. The van der Waals surface area contributed by atoms with Crippen LogP contribution in [0.5, 0.6) is 5.75 Å². The lowest BCUT2D eigenvalue weighted by Gasteiger charge is -2.33. The molecule has 0 aliphatic carbocycles. The highest BCUT2D eigenvalue weighted by atomic mass is 32.2. The number of benzene rings is 2. The van der Waals surface area contributed by atoms with E-state index in [0.29, 0.717) is 19.5 Å². The minimum atomic E-state index is -3.53. The SMILES string of the molecule is O=C(CCCOc1ccccc1F)N1CCN(S(=O)(=O)/C=C/c2ccccc2)CC1. The van der Waals surface area contributed by atoms with E-state index in [-0.39, 0.29) is 37.8 Å². The molecule has 30 heavy (non-hydrogen) atoms. The maximum absolute atomic E-state index is 13.5. The molecular formula is C22H25FN2O4S. The summed E-state index contributed by atoms with van der Waals surface area (Å²) in [6.45, 7) is 1.47. The summed E-state index contributed by atoms with van der Waals surface area (Å²) in [7, 11) is -3.53. The number of nitrogens with zero attached hydrogens (tertiary/aromatic N) is 2. The number of sulfonamides is 1. The fourth-order valence-corrected chi connectivity index (χ4v) is 4.31. The number of rotatable bonds is 8. The smallest absolute Gasteiger partial charge is 0.236 e. The highest BCUT2D eigenvalue weighted by Gasteiger charge is 2.27. The van der Waals surface area contributed by atoms with Crippen LogP contribution in [0.15, 0.2) is 60.0 Å². The normalized spacial score (nSPS) is 15.4. The number of carbonyl (C=O) groups excluding carboxylic acids is 1. The average molecular weight is 433 g/mol. The topological polar surface area (TPSA) is 66.9 Å². The van der Waals surface area contributed by atoms with E-state index in [0.717, 1.165) is 5.56 Å². The number of para-hydroxylation sites is 1. The molecule has 2 aromatic rings. The fourth-order valence-electron chi connectivity index (χ4n) is 3.13. The molecule has 0 unspecified atom stereocenters. The minimum absolute atomic E-state index is 0.0518. The van der Waals surface area contributed by atoms with Crippen molar-refractivity contribution in [3.63, 3.8) is 0 Å². The van der Waals surface area contributed by atoms with Gasteiger partial charge in [0.1, 0.15) is 0 Å². The lowest BCUT2D eigenvalue weighted by molar-refractivity contribution is -0.132. The first-order valence-corrected chi connectivity index (χ1v) is 11.3. The summed E-state index contributed by atoms with van der Waals surface area (Å²) in [4.78, 5) is 14.0. The molecule has 6 nitrogen and oxygen atoms in total. The van der Waals surface area contributed by atoms with Crippen molar-refractivity contribution in [3.05, 3.63) is 71.4 Å². The molecule has 0 atom stereocenters. The quantitative estimate of drug-likeness (QED) is 0.601. The van der Waals surface area contributed by atoms with Gasteiger partial charge in [0.2, 0.25) is 15.9 Å². The molecule has 0 spiro atoms. The van der Waals surface area contributed by atoms with Crippen LogP contribution in [0.25, 0.3) is 6.08 Å². The van der Waals surface area contributed by atoms with Gasteiger partial charge in [0.05, 0.1) is 6.61 Å². The van der Waals surface area contributed by atoms with E-state index in [4.69, 9.17) is 4.74 Å². The van der Waals surface area contributed by atoms with Gasteiger partial charge in [-0.1, -0.05) is 42.5 Å². The summed E-state index contributed by atoms with van der Waals surface area (Å²) in [6.07, 6.45) is 2.31. The van der Waals surface area contributed by atoms with Gasteiger partial charge >= 0.3 is 0 Å². The molecular weight excluding hydrogens is 407 g/mol.